The van der Waals surface area contributed by atoms with Crippen LogP contribution in [0.1, 0.15) is 135 Å². The molecule has 160 valence electrons. The largest absolute Gasteiger partial charge is 0.300 e. The molecule has 0 saturated heterocycles. The first-order chi connectivity index (χ1) is 13.3. The molecular weight excluding hydrogens is 352 g/mol. The minimum absolute atomic E-state index is 0.335. The lowest BCUT2D eigenvalue weighted by Crippen LogP contribution is -1.97. The summed E-state index contributed by atoms with van der Waals surface area (Å²) in [6.45, 7) is 2.28. The summed E-state index contributed by atoms with van der Waals surface area (Å²) >= 11 is 5.57. The molecule has 27 heavy (non-hydrogen) atoms. The molecule has 0 radical (unpaired) electrons. The summed E-state index contributed by atoms with van der Waals surface area (Å²) in [4.78, 5) is 11.3. The van der Waals surface area contributed by atoms with Gasteiger partial charge in [0.25, 0.3) is 0 Å². The molecule has 0 saturated carbocycles. The van der Waals surface area contributed by atoms with E-state index in [1.54, 1.807) is 0 Å². The molecule has 0 aliphatic rings. The van der Waals surface area contributed by atoms with Crippen molar-refractivity contribution in [2.75, 3.05) is 5.88 Å². The molecule has 1 nitrogen and oxygen atoms in total. The van der Waals surface area contributed by atoms with Crippen LogP contribution in [-0.2, 0) is 4.79 Å². The van der Waals surface area contributed by atoms with Crippen LogP contribution in [0.2, 0.25) is 0 Å². The average molecular weight is 399 g/mol. The molecule has 0 aromatic carbocycles. The van der Waals surface area contributed by atoms with E-state index in [9.17, 15) is 4.79 Å². The molecule has 0 aliphatic carbocycles. The number of hydrogen-bond donors (Lipinski definition) is 0. The molecule has 0 heterocycles. The molecule has 0 fully saturated rings. The van der Waals surface area contributed by atoms with Crippen LogP contribution in [0.4, 0.5) is 0 Å². The maximum absolute atomic E-state index is 11.3. The standard InChI is InChI=1S/C25H47ClO/c1-2-3-4-5-6-7-8-9-10-11-12-13-14-15-16-17-18-19-20-21-22-25(27)23-24-26/h9-10H,2-8,11-24H2,1H3/b10-9-. The van der Waals surface area contributed by atoms with Crippen molar-refractivity contribution in [1.29, 1.82) is 0 Å². The van der Waals surface area contributed by atoms with Gasteiger partial charge in [0.1, 0.15) is 5.78 Å². The minimum Gasteiger partial charge on any atom is -0.300 e. The number of carbonyl (C=O) groups is 1. The van der Waals surface area contributed by atoms with Gasteiger partial charge in [0.2, 0.25) is 0 Å². The van der Waals surface area contributed by atoms with Crippen molar-refractivity contribution in [3.63, 3.8) is 0 Å². The monoisotopic (exact) mass is 398 g/mol. The summed E-state index contributed by atoms with van der Waals surface area (Å²) in [5, 5.41) is 0. The fourth-order valence-electron chi connectivity index (χ4n) is 3.51. The van der Waals surface area contributed by atoms with Crippen LogP contribution in [0.3, 0.4) is 0 Å². The van der Waals surface area contributed by atoms with Crippen LogP contribution in [0.25, 0.3) is 0 Å². The highest BCUT2D eigenvalue weighted by molar-refractivity contribution is 6.19. The van der Waals surface area contributed by atoms with Crippen molar-refractivity contribution >= 4 is 17.4 Å². The molecule has 0 unspecified atom stereocenters. The predicted octanol–water partition coefficient (Wildman–Crippen LogP) is 9.17. The highest BCUT2D eigenvalue weighted by atomic mass is 35.5. The second kappa shape index (κ2) is 23.7. The minimum atomic E-state index is 0.335. The second-order valence-electron chi connectivity index (χ2n) is 8.08. The fraction of sp³-hybridized carbons (Fsp3) is 0.880. The number of hydrogen-bond acceptors (Lipinski definition) is 1. The van der Waals surface area contributed by atoms with E-state index in [4.69, 9.17) is 11.6 Å². The van der Waals surface area contributed by atoms with E-state index in [2.05, 4.69) is 19.1 Å². The quantitative estimate of drug-likeness (QED) is 0.101. The van der Waals surface area contributed by atoms with Gasteiger partial charge >= 0.3 is 0 Å². The van der Waals surface area contributed by atoms with Gasteiger partial charge in [0.15, 0.2) is 0 Å². The second-order valence-corrected chi connectivity index (χ2v) is 8.46. The topological polar surface area (TPSA) is 17.1 Å². The zero-order valence-electron chi connectivity index (χ0n) is 18.3. The van der Waals surface area contributed by atoms with Crippen LogP contribution in [-0.4, -0.2) is 11.7 Å². The van der Waals surface area contributed by atoms with Gasteiger partial charge in [0, 0.05) is 18.7 Å². The highest BCUT2D eigenvalue weighted by Gasteiger charge is 2.00. The van der Waals surface area contributed by atoms with E-state index in [1.807, 2.05) is 0 Å². The van der Waals surface area contributed by atoms with Crippen molar-refractivity contribution < 1.29 is 4.79 Å². The van der Waals surface area contributed by atoms with Crippen molar-refractivity contribution in [3.8, 4) is 0 Å². The summed E-state index contributed by atoms with van der Waals surface area (Å²) in [7, 11) is 0. The van der Waals surface area contributed by atoms with Crippen molar-refractivity contribution in [2.45, 2.75) is 135 Å². The van der Waals surface area contributed by atoms with Crippen LogP contribution in [0.15, 0.2) is 12.2 Å². The van der Waals surface area contributed by atoms with Crippen LogP contribution < -0.4 is 0 Å². The fourth-order valence-corrected chi connectivity index (χ4v) is 3.72. The number of carbonyl (C=O) groups excluding carboxylic acids is 1. The van der Waals surface area contributed by atoms with Crippen molar-refractivity contribution in [3.05, 3.63) is 12.2 Å². The van der Waals surface area contributed by atoms with Gasteiger partial charge in [-0.25, -0.2) is 0 Å². The zero-order chi connectivity index (χ0) is 19.8. The molecule has 0 N–H and O–H groups in total. The molecule has 0 amide bonds. The van der Waals surface area contributed by atoms with Gasteiger partial charge in [-0.1, -0.05) is 103 Å². The molecule has 2 heteroatoms. The smallest absolute Gasteiger partial charge is 0.134 e. The Kier molecular flexibility index (Phi) is 23.5. The lowest BCUT2D eigenvalue weighted by molar-refractivity contribution is -0.118. The summed E-state index contributed by atoms with van der Waals surface area (Å²) in [6.07, 6.45) is 30.3. The van der Waals surface area contributed by atoms with Gasteiger partial charge in [-0.15, -0.1) is 11.6 Å². The maximum atomic E-state index is 11.3. The number of unbranched alkanes of at least 4 members (excludes halogenated alkanes) is 16. The maximum Gasteiger partial charge on any atom is 0.134 e. The molecule has 0 spiro atoms. The lowest BCUT2D eigenvalue weighted by Gasteiger charge is -2.02. The van der Waals surface area contributed by atoms with Crippen LogP contribution in [0, 0.1) is 0 Å². The van der Waals surface area contributed by atoms with E-state index in [0.29, 0.717) is 18.1 Å². The average Bonchev–Trinajstić information content (AvgIpc) is 2.66. The van der Waals surface area contributed by atoms with Crippen LogP contribution in [0.5, 0.6) is 0 Å². The van der Waals surface area contributed by atoms with Gasteiger partial charge in [0.05, 0.1) is 0 Å². The highest BCUT2D eigenvalue weighted by Crippen LogP contribution is 2.13. The van der Waals surface area contributed by atoms with E-state index < -0.39 is 0 Å². The van der Waals surface area contributed by atoms with E-state index >= 15 is 0 Å². The van der Waals surface area contributed by atoms with Gasteiger partial charge < -0.3 is 0 Å². The zero-order valence-corrected chi connectivity index (χ0v) is 19.0. The first-order valence-corrected chi connectivity index (χ1v) is 12.6. The molecule has 0 bridgehead atoms. The number of ketones is 1. The van der Waals surface area contributed by atoms with Gasteiger partial charge in [-0.2, -0.15) is 0 Å². The number of Topliss-reactive ketones (excluding diaryl/α,β-unsaturated/α-hetero) is 1. The number of halogens is 1. The van der Waals surface area contributed by atoms with E-state index in [-0.39, 0.29) is 0 Å². The van der Waals surface area contributed by atoms with Crippen LogP contribution >= 0.6 is 11.6 Å². The third kappa shape index (κ3) is 23.7. The SMILES string of the molecule is CCCCCCCC/C=C\CCCCCCCCCCCCC(=O)CCCl. The summed E-state index contributed by atoms with van der Waals surface area (Å²) in [5.41, 5.74) is 0. The Bertz CT molecular complexity index is 324. The Labute approximate surface area is 175 Å². The molecular formula is C25H47ClO. The van der Waals surface area contributed by atoms with E-state index in [0.717, 1.165) is 12.8 Å². The first-order valence-electron chi connectivity index (χ1n) is 12.0. The molecule has 0 aromatic heterocycles. The van der Waals surface area contributed by atoms with E-state index in [1.165, 1.54) is 109 Å². The first kappa shape index (κ1) is 26.7. The number of allylic oxidation sites excluding steroid dienone is 2. The summed E-state index contributed by atoms with van der Waals surface area (Å²) in [5.74, 6) is 0.816. The molecule has 0 atom stereocenters. The summed E-state index contributed by atoms with van der Waals surface area (Å²) in [6, 6.07) is 0. The Balaban J connectivity index is 3.10. The Morgan fingerprint density at radius 2 is 1.00 bits per heavy atom. The van der Waals surface area contributed by atoms with Gasteiger partial charge in [-0.05, 0) is 32.1 Å². The third-order valence-electron chi connectivity index (χ3n) is 5.34. The Morgan fingerprint density at radius 1 is 0.593 bits per heavy atom. The molecule has 0 aromatic rings. The summed E-state index contributed by atoms with van der Waals surface area (Å²) < 4.78 is 0. The lowest BCUT2D eigenvalue weighted by atomic mass is 10.0. The normalized spacial score (nSPS) is 11.5. The van der Waals surface area contributed by atoms with Crippen molar-refractivity contribution in [1.82, 2.24) is 0 Å². The van der Waals surface area contributed by atoms with Gasteiger partial charge in [-0.3, -0.25) is 4.79 Å². The Hall–Kier alpha value is -0.300. The number of rotatable bonds is 22. The molecule has 0 aliphatic heterocycles. The third-order valence-corrected chi connectivity index (χ3v) is 5.53. The number of alkyl halides is 1. The Morgan fingerprint density at radius 3 is 1.44 bits per heavy atom. The van der Waals surface area contributed by atoms with Crippen molar-refractivity contribution in [2.24, 2.45) is 0 Å². The predicted molar refractivity (Wildman–Crippen MR) is 123 cm³/mol. The molecule has 0 rings (SSSR count).